The van der Waals surface area contributed by atoms with Crippen LogP contribution in [-0.2, 0) is 14.3 Å². The van der Waals surface area contributed by atoms with Gasteiger partial charge in [-0.25, -0.2) is 4.79 Å². The zero-order valence-electron chi connectivity index (χ0n) is 16.7. The highest BCUT2D eigenvalue weighted by atomic mass is 16.6. The minimum Gasteiger partial charge on any atom is -0.444 e. The molecule has 1 fully saturated rings. The van der Waals surface area contributed by atoms with Crippen molar-refractivity contribution in [2.24, 2.45) is 5.92 Å². The molecule has 0 aliphatic carbocycles. The second-order valence-corrected chi connectivity index (χ2v) is 7.89. The van der Waals surface area contributed by atoms with Crippen molar-refractivity contribution in [3.63, 3.8) is 0 Å². The Labute approximate surface area is 157 Å². The summed E-state index contributed by atoms with van der Waals surface area (Å²) < 4.78 is 10.3. The Morgan fingerprint density at radius 3 is 2.58 bits per heavy atom. The van der Waals surface area contributed by atoms with Crippen molar-refractivity contribution in [3.05, 3.63) is 0 Å². The summed E-state index contributed by atoms with van der Waals surface area (Å²) in [4.78, 5) is 25.9. The first kappa shape index (κ1) is 22.2. The molecule has 2 amide bonds. The molecule has 3 atom stereocenters. The van der Waals surface area contributed by atoms with Gasteiger partial charge in [0.1, 0.15) is 18.2 Å². The summed E-state index contributed by atoms with van der Waals surface area (Å²) in [5, 5.41) is 12.3. The second-order valence-electron chi connectivity index (χ2n) is 7.89. The summed E-state index contributed by atoms with van der Waals surface area (Å²) in [7, 11) is 1.49. The number of ether oxygens (including phenoxy) is 2. The van der Waals surface area contributed by atoms with Crippen LogP contribution >= 0.6 is 0 Å². The van der Waals surface area contributed by atoms with Gasteiger partial charge < -0.3 is 14.8 Å². The lowest BCUT2D eigenvalue weighted by Crippen LogP contribution is -2.45. The Bertz CT molecular complexity index is 510. The van der Waals surface area contributed by atoms with E-state index >= 15 is 0 Å². The number of methoxy groups -OCH3 is 1. The zero-order valence-corrected chi connectivity index (χ0v) is 16.7. The maximum atomic E-state index is 12.6. The highest BCUT2D eigenvalue weighted by Gasteiger charge is 2.40. The molecule has 1 aliphatic heterocycles. The fraction of sp³-hybridized carbons (Fsp3) is 0.842. The van der Waals surface area contributed by atoms with Crippen molar-refractivity contribution >= 4 is 12.0 Å². The summed E-state index contributed by atoms with van der Waals surface area (Å²) in [5.74, 6) is 0.104. The SMILES string of the molecule is CCCC(CNC(=O)COC)CC1CCC(C#N)N1C(=O)OC(C)(C)C. The lowest BCUT2D eigenvalue weighted by atomic mass is 9.94. The Balaban J connectivity index is 2.76. The van der Waals surface area contributed by atoms with E-state index in [4.69, 9.17) is 9.47 Å². The number of hydrogen-bond donors (Lipinski definition) is 1. The van der Waals surface area contributed by atoms with Gasteiger partial charge in [-0.2, -0.15) is 5.26 Å². The molecule has 0 aromatic rings. The van der Waals surface area contributed by atoms with Crippen LogP contribution in [0.25, 0.3) is 0 Å². The standard InChI is InChI=1S/C19H33N3O4/c1-6-7-14(12-21-17(23)13-25-5)10-15-8-9-16(11-20)22(15)18(24)26-19(2,3)4/h14-16H,6-10,12-13H2,1-5H3,(H,21,23). The van der Waals surface area contributed by atoms with Crippen LogP contribution in [0.15, 0.2) is 0 Å². The Kier molecular flexibility index (Phi) is 8.86. The molecule has 1 rings (SSSR count). The normalized spacial score (nSPS) is 21.2. The van der Waals surface area contributed by atoms with E-state index in [1.807, 2.05) is 20.8 Å². The molecular weight excluding hydrogens is 334 g/mol. The molecule has 0 aromatic heterocycles. The molecule has 1 saturated heterocycles. The lowest BCUT2D eigenvalue weighted by Gasteiger charge is -2.32. The minimum absolute atomic E-state index is 0.0367. The molecule has 3 unspecified atom stereocenters. The average Bonchev–Trinajstić information content (AvgIpc) is 2.94. The Morgan fingerprint density at radius 2 is 2.04 bits per heavy atom. The van der Waals surface area contributed by atoms with Gasteiger partial charge in [0.05, 0.1) is 6.07 Å². The van der Waals surface area contributed by atoms with Crippen LogP contribution in [0, 0.1) is 17.2 Å². The molecule has 7 nitrogen and oxygen atoms in total. The Morgan fingerprint density at radius 1 is 1.35 bits per heavy atom. The molecule has 26 heavy (non-hydrogen) atoms. The van der Waals surface area contributed by atoms with E-state index < -0.39 is 17.7 Å². The molecule has 0 radical (unpaired) electrons. The predicted octanol–water partition coefficient (Wildman–Crippen LogP) is 2.85. The third-order valence-corrected chi connectivity index (χ3v) is 4.42. The van der Waals surface area contributed by atoms with E-state index in [1.54, 1.807) is 4.90 Å². The molecule has 7 heteroatoms. The van der Waals surface area contributed by atoms with E-state index in [0.717, 1.165) is 25.7 Å². The number of hydrogen-bond acceptors (Lipinski definition) is 5. The van der Waals surface area contributed by atoms with Crippen molar-refractivity contribution in [2.75, 3.05) is 20.3 Å². The van der Waals surface area contributed by atoms with Crippen molar-refractivity contribution in [3.8, 4) is 6.07 Å². The van der Waals surface area contributed by atoms with Gasteiger partial charge in [0.25, 0.3) is 0 Å². The molecule has 1 N–H and O–H groups in total. The van der Waals surface area contributed by atoms with Crippen molar-refractivity contribution in [2.45, 2.75) is 77.5 Å². The van der Waals surface area contributed by atoms with Gasteiger partial charge >= 0.3 is 6.09 Å². The number of carbonyl (C=O) groups excluding carboxylic acids is 2. The second kappa shape index (κ2) is 10.4. The van der Waals surface area contributed by atoms with Gasteiger partial charge in [0, 0.05) is 19.7 Å². The highest BCUT2D eigenvalue weighted by molar-refractivity contribution is 5.77. The molecule has 0 saturated carbocycles. The number of likely N-dealkylation sites (tertiary alicyclic amines) is 1. The van der Waals surface area contributed by atoms with E-state index in [2.05, 4.69) is 18.3 Å². The lowest BCUT2D eigenvalue weighted by molar-refractivity contribution is -0.124. The monoisotopic (exact) mass is 367 g/mol. The third kappa shape index (κ3) is 7.20. The van der Waals surface area contributed by atoms with E-state index in [-0.39, 0.29) is 24.5 Å². The van der Waals surface area contributed by atoms with Gasteiger partial charge in [-0.15, -0.1) is 0 Å². The molecule has 1 aliphatic rings. The van der Waals surface area contributed by atoms with Gasteiger partial charge in [-0.1, -0.05) is 13.3 Å². The van der Waals surface area contributed by atoms with Crippen LogP contribution in [0.2, 0.25) is 0 Å². The van der Waals surface area contributed by atoms with Crippen LogP contribution in [0.5, 0.6) is 0 Å². The van der Waals surface area contributed by atoms with Crippen LogP contribution in [0.4, 0.5) is 4.79 Å². The molecule has 1 heterocycles. The van der Waals surface area contributed by atoms with E-state index in [1.165, 1.54) is 7.11 Å². The number of amides is 2. The summed E-state index contributed by atoms with van der Waals surface area (Å²) >= 11 is 0. The van der Waals surface area contributed by atoms with E-state index in [9.17, 15) is 14.9 Å². The number of rotatable bonds is 8. The van der Waals surface area contributed by atoms with Crippen LogP contribution in [-0.4, -0.2) is 54.8 Å². The number of carbonyl (C=O) groups is 2. The molecule has 0 spiro atoms. The number of nitrogens with one attached hydrogen (secondary N) is 1. The summed E-state index contributed by atoms with van der Waals surface area (Å²) in [6.45, 7) is 8.16. The molecular formula is C19H33N3O4. The van der Waals surface area contributed by atoms with Crippen molar-refractivity contribution in [1.29, 1.82) is 5.26 Å². The van der Waals surface area contributed by atoms with E-state index in [0.29, 0.717) is 13.0 Å². The predicted molar refractivity (Wildman–Crippen MR) is 98.4 cm³/mol. The summed E-state index contributed by atoms with van der Waals surface area (Å²) in [5.41, 5.74) is -0.596. The van der Waals surface area contributed by atoms with Crippen LogP contribution in [0.3, 0.4) is 0 Å². The maximum absolute atomic E-state index is 12.6. The largest absolute Gasteiger partial charge is 0.444 e. The van der Waals surface area contributed by atoms with Crippen molar-refractivity contribution < 1.29 is 19.1 Å². The smallest absolute Gasteiger partial charge is 0.411 e. The number of nitrogens with zero attached hydrogens (tertiary/aromatic N) is 2. The first-order valence-corrected chi connectivity index (χ1v) is 9.38. The van der Waals surface area contributed by atoms with Crippen molar-refractivity contribution in [1.82, 2.24) is 10.2 Å². The minimum atomic E-state index is -0.596. The fourth-order valence-electron chi connectivity index (χ4n) is 3.37. The molecule has 0 bridgehead atoms. The van der Waals surface area contributed by atoms with Crippen LogP contribution < -0.4 is 5.32 Å². The fourth-order valence-corrected chi connectivity index (χ4v) is 3.37. The maximum Gasteiger partial charge on any atom is 0.411 e. The molecule has 0 aromatic carbocycles. The molecule has 148 valence electrons. The first-order chi connectivity index (χ1) is 12.2. The van der Waals surface area contributed by atoms with Gasteiger partial charge in [0.15, 0.2) is 0 Å². The first-order valence-electron chi connectivity index (χ1n) is 9.38. The average molecular weight is 367 g/mol. The topological polar surface area (TPSA) is 91.7 Å². The summed E-state index contributed by atoms with van der Waals surface area (Å²) in [6.07, 6.45) is 3.71. The van der Waals surface area contributed by atoms with Gasteiger partial charge in [-0.05, 0) is 52.4 Å². The quantitative estimate of drug-likeness (QED) is 0.712. The highest BCUT2D eigenvalue weighted by Crippen LogP contribution is 2.31. The van der Waals surface area contributed by atoms with Gasteiger partial charge in [0.2, 0.25) is 5.91 Å². The zero-order chi connectivity index (χ0) is 19.7. The van der Waals surface area contributed by atoms with Gasteiger partial charge in [-0.3, -0.25) is 9.69 Å². The van der Waals surface area contributed by atoms with Crippen LogP contribution in [0.1, 0.15) is 59.8 Å². The Hall–Kier alpha value is -1.81. The summed E-state index contributed by atoms with van der Waals surface area (Å²) in [6, 6.07) is 1.74. The number of nitriles is 1. The third-order valence-electron chi connectivity index (χ3n) is 4.42.